The highest BCUT2D eigenvalue weighted by Gasteiger charge is 2.10. The molecule has 0 saturated carbocycles. The van der Waals surface area contributed by atoms with E-state index in [0.29, 0.717) is 13.0 Å². The summed E-state index contributed by atoms with van der Waals surface area (Å²) in [6.45, 7) is 4.55. The van der Waals surface area contributed by atoms with Crippen molar-refractivity contribution < 1.29 is 4.79 Å². The van der Waals surface area contributed by atoms with Crippen LogP contribution < -0.4 is 10.6 Å². The van der Waals surface area contributed by atoms with E-state index in [-0.39, 0.29) is 5.91 Å². The summed E-state index contributed by atoms with van der Waals surface area (Å²) in [5, 5.41) is 6.27. The number of amides is 1. The van der Waals surface area contributed by atoms with Crippen LogP contribution in [0.1, 0.15) is 24.7 Å². The van der Waals surface area contributed by atoms with Gasteiger partial charge in [0, 0.05) is 46.1 Å². The Balaban J connectivity index is 2.74. The number of carbonyl (C=O) groups excluding carboxylic acids is 1. The summed E-state index contributed by atoms with van der Waals surface area (Å²) < 4.78 is 0. The van der Waals surface area contributed by atoms with Crippen LogP contribution in [0.3, 0.4) is 0 Å². The molecule has 6 nitrogen and oxygen atoms in total. The molecule has 0 radical (unpaired) electrons. The lowest BCUT2D eigenvalue weighted by Gasteiger charge is -2.14. The molecule has 0 aliphatic rings. The van der Waals surface area contributed by atoms with Gasteiger partial charge in [0.05, 0.1) is 0 Å². The third-order valence-electron chi connectivity index (χ3n) is 2.88. The predicted molar refractivity (Wildman–Crippen MR) is 77.5 cm³/mol. The fraction of sp³-hybridized carbons (Fsp3) is 0.615. The van der Waals surface area contributed by atoms with E-state index >= 15 is 0 Å². The highest BCUT2D eigenvalue weighted by molar-refractivity contribution is 5.76. The molecule has 1 aromatic heterocycles. The lowest BCUT2D eigenvalue weighted by Crippen LogP contribution is -2.24. The van der Waals surface area contributed by atoms with Gasteiger partial charge in [0.15, 0.2) is 0 Å². The molecule has 0 saturated heterocycles. The van der Waals surface area contributed by atoms with Gasteiger partial charge < -0.3 is 15.5 Å². The molecule has 0 spiro atoms. The monoisotopic (exact) mass is 265 g/mol. The highest BCUT2D eigenvalue weighted by atomic mass is 16.2. The largest absolute Gasteiger partial charge is 0.373 e. The van der Waals surface area contributed by atoms with E-state index in [0.717, 1.165) is 29.4 Å². The van der Waals surface area contributed by atoms with Crippen LogP contribution >= 0.6 is 0 Å². The second-order valence-electron chi connectivity index (χ2n) is 4.53. The van der Waals surface area contributed by atoms with Crippen molar-refractivity contribution in [2.75, 3.05) is 38.3 Å². The van der Waals surface area contributed by atoms with Crippen molar-refractivity contribution in [1.82, 2.24) is 14.9 Å². The lowest BCUT2D eigenvalue weighted by atomic mass is 10.2. The first kappa shape index (κ1) is 15.2. The molecule has 19 heavy (non-hydrogen) atoms. The summed E-state index contributed by atoms with van der Waals surface area (Å²) in [6.07, 6.45) is 1.23. The number of carbonyl (C=O) groups is 1. The van der Waals surface area contributed by atoms with Crippen molar-refractivity contribution in [3.63, 3.8) is 0 Å². The van der Waals surface area contributed by atoms with Crippen LogP contribution in [0.4, 0.5) is 11.6 Å². The first-order valence-corrected chi connectivity index (χ1v) is 6.48. The third-order valence-corrected chi connectivity index (χ3v) is 2.88. The van der Waals surface area contributed by atoms with Gasteiger partial charge in [-0.1, -0.05) is 6.92 Å². The van der Waals surface area contributed by atoms with Gasteiger partial charge in [-0.15, -0.1) is 0 Å². The number of anilines is 2. The molecule has 1 heterocycles. The average molecular weight is 265 g/mol. The summed E-state index contributed by atoms with van der Waals surface area (Å²) in [5.41, 5.74) is 0.969. The molecule has 0 unspecified atom stereocenters. The zero-order chi connectivity index (χ0) is 14.4. The standard InChI is InChI=1S/C13H23N5O/c1-6-10-16-12(14-3)9(2)13(17-10)15-8-7-11(19)18(4)5/h6-8H2,1-5H3,(H2,14,15,16,17). The molecular formula is C13H23N5O. The van der Waals surface area contributed by atoms with Crippen molar-refractivity contribution in [2.24, 2.45) is 0 Å². The smallest absolute Gasteiger partial charge is 0.223 e. The molecule has 0 aromatic carbocycles. The first-order valence-electron chi connectivity index (χ1n) is 6.48. The van der Waals surface area contributed by atoms with Gasteiger partial charge in [-0.2, -0.15) is 0 Å². The van der Waals surface area contributed by atoms with Gasteiger partial charge in [-0.25, -0.2) is 9.97 Å². The van der Waals surface area contributed by atoms with Gasteiger partial charge in [0.1, 0.15) is 17.5 Å². The van der Waals surface area contributed by atoms with E-state index in [1.807, 2.05) is 20.9 Å². The van der Waals surface area contributed by atoms with E-state index in [9.17, 15) is 4.79 Å². The Labute approximate surface area is 114 Å². The summed E-state index contributed by atoms with van der Waals surface area (Å²) >= 11 is 0. The Morgan fingerprint density at radius 2 is 1.89 bits per heavy atom. The van der Waals surface area contributed by atoms with E-state index < -0.39 is 0 Å². The topological polar surface area (TPSA) is 70.2 Å². The Hall–Kier alpha value is -1.85. The van der Waals surface area contributed by atoms with Crippen molar-refractivity contribution in [3.8, 4) is 0 Å². The van der Waals surface area contributed by atoms with Gasteiger partial charge >= 0.3 is 0 Å². The van der Waals surface area contributed by atoms with Crippen LogP contribution in [0.2, 0.25) is 0 Å². The summed E-state index contributed by atoms with van der Waals surface area (Å²) in [5.74, 6) is 2.51. The van der Waals surface area contributed by atoms with Crippen LogP contribution in [0.15, 0.2) is 0 Å². The van der Waals surface area contributed by atoms with Crippen LogP contribution in [0.25, 0.3) is 0 Å². The molecule has 0 fully saturated rings. The molecule has 1 aromatic rings. The summed E-state index contributed by atoms with van der Waals surface area (Å²) in [7, 11) is 5.35. The molecule has 0 aliphatic heterocycles. The Kier molecular flexibility index (Phi) is 5.54. The minimum Gasteiger partial charge on any atom is -0.373 e. The molecule has 0 atom stereocenters. The lowest BCUT2D eigenvalue weighted by molar-refractivity contribution is -0.128. The van der Waals surface area contributed by atoms with Crippen LogP contribution in [0.5, 0.6) is 0 Å². The van der Waals surface area contributed by atoms with Gasteiger partial charge in [-0.05, 0) is 6.92 Å². The number of aromatic nitrogens is 2. The maximum atomic E-state index is 11.5. The Morgan fingerprint density at radius 3 is 2.42 bits per heavy atom. The highest BCUT2D eigenvalue weighted by Crippen LogP contribution is 2.19. The fourth-order valence-electron chi connectivity index (χ4n) is 1.65. The number of rotatable bonds is 6. The minimum atomic E-state index is 0.101. The van der Waals surface area contributed by atoms with E-state index in [1.165, 1.54) is 0 Å². The first-order chi connectivity index (χ1) is 8.99. The zero-order valence-corrected chi connectivity index (χ0v) is 12.4. The molecule has 1 rings (SSSR count). The number of nitrogens with zero attached hydrogens (tertiary/aromatic N) is 3. The van der Waals surface area contributed by atoms with E-state index in [2.05, 4.69) is 20.6 Å². The van der Waals surface area contributed by atoms with E-state index in [1.54, 1.807) is 19.0 Å². The molecule has 6 heteroatoms. The second-order valence-corrected chi connectivity index (χ2v) is 4.53. The van der Waals surface area contributed by atoms with Crippen molar-refractivity contribution in [1.29, 1.82) is 0 Å². The normalized spacial score (nSPS) is 10.2. The quantitative estimate of drug-likeness (QED) is 0.811. The average Bonchev–Trinajstić information content (AvgIpc) is 2.40. The van der Waals surface area contributed by atoms with Crippen molar-refractivity contribution in [2.45, 2.75) is 26.7 Å². The fourth-order valence-corrected chi connectivity index (χ4v) is 1.65. The van der Waals surface area contributed by atoms with Crippen LogP contribution in [-0.4, -0.2) is 48.5 Å². The zero-order valence-electron chi connectivity index (χ0n) is 12.4. The second kappa shape index (κ2) is 6.92. The van der Waals surface area contributed by atoms with Crippen molar-refractivity contribution >= 4 is 17.5 Å². The maximum absolute atomic E-state index is 11.5. The molecule has 2 N–H and O–H groups in total. The number of nitrogens with one attached hydrogen (secondary N) is 2. The molecule has 1 amide bonds. The van der Waals surface area contributed by atoms with Gasteiger partial charge in [0.2, 0.25) is 5.91 Å². The van der Waals surface area contributed by atoms with Crippen molar-refractivity contribution in [3.05, 3.63) is 11.4 Å². The maximum Gasteiger partial charge on any atom is 0.223 e. The Morgan fingerprint density at radius 1 is 1.26 bits per heavy atom. The van der Waals surface area contributed by atoms with Gasteiger partial charge in [-0.3, -0.25) is 4.79 Å². The molecule has 0 aliphatic carbocycles. The number of hydrogen-bond acceptors (Lipinski definition) is 5. The van der Waals surface area contributed by atoms with Crippen LogP contribution in [-0.2, 0) is 11.2 Å². The molecule has 0 bridgehead atoms. The summed E-state index contributed by atoms with van der Waals surface area (Å²) in [6, 6.07) is 0. The SMILES string of the molecule is CCc1nc(NC)c(C)c(NCCC(=O)N(C)C)n1. The molecular weight excluding hydrogens is 242 g/mol. The van der Waals surface area contributed by atoms with E-state index in [4.69, 9.17) is 0 Å². The number of hydrogen-bond donors (Lipinski definition) is 2. The third kappa shape index (κ3) is 4.08. The minimum absolute atomic E-state index is 0.101. The summed E-state index contributed by atoms with van der Waals surface area (Å²) in [4.78, 5) is 22.0. The Bertz CT molecular complexity index is 445. The predicted octanol–water partition coefficient (Wildman–Crippen LogP) is 1.28. The van der Waals surface area contributed by atoms with Gasteiger partial charge in [0.25, 0.3) is 0 Å². The van der Waals surface area contributed by atoms with Crippen LogP contribution in [0, 0.1) is 6.92 Å². The molecule has 106 valence electrons. The number of aryl methyl sites for hydroxylation is 1.